The summed E-state index contributed by atoms with van der Waals surface area (Å²) in [7, 11) is 0. The number of rotatable bonds is 6. The maximum absolute atomic E-state index is 12.7. The average Bonchev–Trinajstić information content (AvgIpc) is 3.08. The Balaban J connectivity index is 2.26. The number of primary amides is 1. The Morgan fingerprint density at radius 2 is 2.00 bits per heavy atom. The summed E-state index contributed by atoms with van der Waals surface area (Å²) in [6, 6.07) is 7.82. The molecule has 0 unspecified atom stereocenters. The Labute approximate surface area is 154 Å². The number of hydrogen-bond acceptors (Lipinski definition) is 4. The molecule has 1 aromatic carbocycles. The molecule has 0 aliphatic heterocycles. The second kappa shape index (κ2) is 8.13. The van der Waals surface area contributed by atoms with E-state index >= 15 is 0 Å². The largest absolute Gasteiger partial charge is 0.368 e. The first-order valence-electron chi connectivity index (χ1n) is 7.53. The highest BCUT2D eigenvalue weighted by atomic mass is 35.5. The van der Waals surface area contributed by atoms with Crippen molar-refractivity contribution in [3.05, 3.63) is 51.2 Å². The van der Waals surface area contributed by atoms with Gasteiger partial charge in [-0.15, -0.1) is 11.3 Å². The third-order valence-corrected chi connectivity index (χ3v) is 4.62. The number of halogens is 1. The normalized spacial score (nSPS) is 10.6. The number of thiophene rings is 1. The van der Waals surface area contributed by atoms with Crippen LogP contribution < -0.4 is 11.1 Å². The number of benzene rings is 1. The van der Waals surface area contributed by atoms with Gasteiger partial charge in [-0.25, -0.2) is 0 Å². The third-order valence-electron chi connectivity index (χ3n) is 3.42. The van der Waals surface area contributed by atoms with Crippen LogP contribution in [0, 0.1) is 0 Å². The van der Waals surface area contributed by atoms with Gasteiger partial charge in [0.25, 0.3) is 11.8 Å². The summed E-state index contributed by atoms with van der Waals surface area (Å²) < 4.78 is 0. The SMILES string of the molecule is CC(C)N(CC(N)=O)C(=O)c1ccc(Cl)c(NC(=O)c2cccs2)c1. The number of nitrogens with two attached hydrogens (primary N) is 1. The lowest BCUT2D eigenvalue weighted by molar-refractivity contribution is -0.119. The minimum absolute atomic E-state index is 0.185. The van der Waals surface area contributed by atoms with E-state index in [1.54, 1.807) is 37.4 Å². The van der Waals surface area contributed by atoms with Crippen molar-refractivity contribution in [3.8, 4) is 0 Å². The van der Waals surface area contributed by atoms with Crippen LogP contribution in [0.3, 0.4) is 0 Å². The molecule has 2 aromatic rings. The van der Waals surface area contributed by atoms with Crippen molar-refractivity contribution in [2.45, 2.75) is 19.9 Å². The molecule has 0 aliphatic carbocycles. The van der Waals surface area contributed by atoms with Crippen LogP contribution in [0.4, 0.5) is 5.69 Å². The molecule has 8 heteroatoms. The summed E-state index contributed by atoms with van der Waals surface area (Å²) in [6.45, 7) is 3.39. The number of amides is 3. The molecule has 0 aliphatic rings. The van der Waals surface area contributed by atoms with E-state index in [9.17, 15) is 14.4 Å². The molecule has 0 saturated carbocycles. The van der Waals surface area contributed by atoms with Crippen molar-refractivity contribution in [2.75, 3.05) is 11.9 Å². The van der Waals surface area contributed by atoms with Crippen LogP contribution in [0.25, 0.3) is 0 Å². The molecule has 2 rings (SSSR count). The minimum Gasteiger partial charge on any atom is -0.368 e. The molecular formula is C17H18ClN3O3S. The summed E-state index contributed by atoms with van der Waals surface area (Å²) in [4.78, 5) is 37.9. The monoisotopic (exact) mass is 379 g/mol. The number of carbonyl (C=O) groups is 3. The zero-order valence-electron chi connectivity index (χ0n) is 13.8. The van der Waals surface area contributed by atoms with Crippen LogP contribution in [0.15, 0.2) is 35.7 Å². The van der Waals surface area contributed by atoms with Crippen molar-refractivity contribution >= 4 is 46.3 Å². The predicted molar refractivity (Wildman–Crippen MR) is 99.1 cm³/mol. The van der Waals surface area contributed by atoms with Gasteiger partial charge >= 0.3 is 0 Å². The Hall–Kier alpha value is -2.38. The number of carbonyl (C=O) groups excluding carboxylic acids is 3. The molecule has 0 atom stereocenters. The fourth-order valence-corrected chi connectivity index (χ4v) is 2.95. The van der Waals surface area contributed by atoms with Crippen LogP contribution in [0.2, 0.25) is 5.02 Å². The van der Waals surface area contributed by atoms with Crippen LogP contribution in [0.1, 0.15) is 33.9 Å². The van der Waals surface area contributed by atoms with Crippen molar-refractivity contribution in [2.24, 2.45) is 5.73 Å². The number of nitrogens with zero attached hydrogens (tertiary/aromatic N) is 1. The van der Waals surface area contributed by atoms with Gasteiger partial charge in [-0.3, -0.25) is 14.4 Å². The molecule has 25 heavy (non-hydrogen) atoms. The van der Waals surface area contributed by atoms with Gasteiger partial charge in [-0.1, -0.05) is 17.7 Å². The van der Waals surface area contributed by atoms with Crippen LogP contribution >= 0.6 is 22.9 Å². The molecule has 6 nitrogen and oxygen atoms in total. The molecule has 0 saturated heterocycles. The molecule has 1 aromatic heterocycles. The van der Waals surface area contributed by atoms with Crippen molar-refractivity contribution < 1.29 is 14.4 Å². The fourth-order valence-electron chi connectivity index (χ4n) is 2.17. The number of hydrogen-bond donors (Lipinski definition) is 2. The fraction of sp³-hybridized carbons (Fsp3) is 0.235. The lowest BCUT2D eigenvalue weighted by atomic mass is 10.1. The second-order valence-corrected chi connectivity index (χ2v) is 6.97. The van der Waals surface area contributed by atoms with Gasteiger partial charge < -0.3 is 16.0 Å². The molecule has 1 heterocycles. The zero-order chi connectivity index (χ0) is 18.6. The summed E-state index contributed by atoms with van der Waals surface area (Å²) in [6.07, 6.45) is 0. The Morgan fingerprint density at radius 3 is 2.56 bits per heavy atom. The zero-order valence-corrected chi connectivity index (χ0v) is 15.4. The maximum atomic E-state index is 12.7. The molecule has 0 radical (unpaired) electrons. The molecule has 0 bridgehead atoms. The van der Waals surface area contributed by atoms with E-state index in [-0.39, 0.29) is 24.4 Å². The van der Waals surface area contributed by atoms with Gasteiger partial charge in [0.1, 0.15) is 0 Å². The minimum atomic E-state index is -0.595. The smallest absolute Gasteiger partial charge is 0.265 e. The van der Waals surface area contributed by atoms with Gasteiger partial charge in [0.05, 0.1) is 22.1 Å². The molecule has 0 fully saturated rings. The van der Waals surface area contributed by atoms with Crippen LogP contribution in [-0.2, 0) is 4.79 Å². The first-order chi connectivity index (χ1) is 11.8. The summed E-state index contributed by atoms with van der Waals surface area (Å²) in [5, 5.41) is 4.80. The number of nitrogens with one attached hydrogen (secondary N) is 1. The highest BCUT2D eigenvalue weighted by Gasteiger charge is 2.21. The van der Waals surface area contributed by atoms with E-state index in [4.69, 9.17) is 17.3 Å². The van der Waals surface area contributed by atoms with Crippen LogP contribution in [-0.4, -0.2) is 35.2 Å². The van der Waals surface area contributed by atoms with E-state index in [1.807, 2.05) is 0 Å². The van der Waals surface area contributed by atoms with Gasteiger partial charge in [0.2, 0.25) is 5.91 Å². The first-order valence-corrected chi connectivity index (χ1v) is 8.79. The van der Waals surface area contributed by atoms with Crippen molar-refractivity contribution in [1.29, 1.82) is 0 Å². The Morgan fingerprint density at radius 1 is 1.28 bits per heavy atom. The Bertz CT molecular complexity index is 790. The molecule has 3 N–H and O–H groups in total. The highest BCUT2D eigenvalue weighted by Crippen LogP contribution is 2.25. The third kappa shape index (κ3) is 4.80. The summed E-state index contributed by atoms with van der Waals surface area (Å²) in [5.41, 5.74) is 5.85. The number of anilines is 1. The van der Waals surface area contributed by atoms with E-state index < -0.39 is 5.91 Å². The van der Waals surface area contributed by atoms with Gasteiger partial charge in [0, 0.05) is 11.6 Å². The molecule has 132 valence electrons. The quantitative estimate of drug-likeness (QED) is 0.808. The van der Waals surface area contributed by atoms with E-state index in [1.165, 1.54) is 28.4 Å². The Kier molecular flexibility index (Phi) is 6.17. The molecular weight excluding hydrogens is 362 g/mol. The van der Waals surface area contributed by atoms with E-state index in [0.717, 1.165) is 0 Å². The van der Waals surface area contributed by atoms with Crippen LogP contribution in [0.5, 0.6) is 0 Å². The van der Waals surface area contributed by atoms with Crippen molar-refractivity contribution in [1.82, 2.24) is 4.90 Å². The lowest BCUT2D eigenvalue weighted by Gasteiger charge is -2.25. The summed E-state index contributed by atoms with van der Waals surface area (Å²) in [5.74, 6) is -1.27. The molecule has 0 spiro atoms. The maximum Gasteiger partial charge on any atom is 0.265 e. The van der Waals surface area contributed by atoms with Gasteiger partial charge in [0.15, 0.2) is 0 Å². The van der Waals surface area contributed by atoms with Gasteiger partial charge in [-0.2, -0.15) is 0 Å². The van der Waals surface area contributed by atoms with E-state index in [2.05, 4.69) is 5.32 Å². The van der Waals surface area contributed by atoms with E-state index in [0.29, 0.717) is 21.2 Å². The first kappa shape index (κ1) is 19.0. The average molecular weight is 380 g/mol. The predicted octanol–water partition coefficient (Wildman–Crippen LogP) is 2.99. The topological polar surface area (TPSA) is 92.5 Å². The van der Waals surface area contributed by atoms with Crippen molar-refractivity contribution in [3.63, 3.8) is 0 Å². The summed E-state index contributed by atoms with van der Waals surface area (Å²) >= 11 is 7.42. The molecule has 3 amide bonds. The van der Waals surface area contributed by atoms with Gasteiger partial charge in [-0.05, 0) is 43.5 Å². The second-order valence-electron chi connectivity index (χ2n) is 5.62. The standard InChI is InChI=1S/C17H18ClN3O3S/c1-10(2)21(9-15(19)22)17(24)11-5-6-12(18)13(8-11)20-16(23)14-4-3-7-25-14/h3-8,10H,9H2,1-2H3,(H2,19,22)(H,20,23). The highest BCUT2D eigenvalue weighted by molar-refractivity contribution is 7.12. The lowest BCUT2D eigenvalue weighted by Crippen LogP contribution is -2.42.